The number of imidazole rings is 1. The molecule has 2 aromatic rings. The lowest BCUT2D eigenvalue weighted by molar-refractivity contribution is -0.343. The molecule has 2 aromatic heterocycles. The highest BCUT2D eigenvalue weighted by Gasteiger charge is 2.45. The summed E-state index contributed by atoms with van der Waals surface area (Å²) in [7, 11) is -5.25. The first-order valence-electron chi connectivity index (χ1n) is 6.61. The van der Waals surface area contributed by atoms with E-state index in [-0.39, 0.29) is 22.9 Å². The van der Waals surface area contributed by atoms with Gasteiger partial charge < -0.3 is 45.3 Å². The number of aliphatic hydroxyl groups excluding tert-OH is 2. The van der Waals surface area contributed by atoms with Gasteiger partial charge in [0.25, 0.3) is 0 Å². The molecule has 6 N–H and O–H groups in total. The number of fused-ring (bicyclic) bond motifs is 1. The van der Waals surface area contributed by atoms with Crippen molar-refractivity contribution in [2.45, 2.75) is 24.5 Å². The molecule has 1 aliphatic heterocycles. The first kappa shape index (κ1) is 17.0. The average molecular weight is 360 g/mol. The number of phosphoric ester groups is 1. The summed E-state index contributed by atoms with van der Waals surface area (Å²) in [5, 5.41) is 20.1. The maximum atomic E-state index is 10.5. The quantitative estimate of drug-likeness (QED) is 0.389. The van der Waals surface area contributed by atoms with Gasteiger partial charge in [0, 0.05) is 0 Å². The standard InChI is InChI=1S/C10H15N6O7P/c11-7-4-8(14-2-13-7)16(10(12)15-4)9-6(18)5(17)3(23-9)1-22-24(19,20)21/h2-3,5-6,9,17-18H,1H2,(H2,12,15)(H2,11,13,14)(H2,19,20,21)/p-2/t3-,5-,6-,9-/m1/s1. The minimum absolute atomic E-state index is 0.0528. The molecule has 4 atom stereocenters. The van der Waals surface area contributed by atoms with Gasteiger partial charge in [0.15, 0.2) is 23.2 Å². The lowest BCUT2D eigenvalue weighted by Crippen LogP contribution is -2.34. The predicted octanol–water partition coefficient (Wildman–Crippen LogP) is -3.54. The van der Waals surface area contributed by atoms with Gasteiger partial charge in [-0.15, -0.1) is 0 Å². The Morgan fingerprint density at radius 1 is 1.33 bits per heavy atom. The first-order valence-corrected chi connectivity index (χ1v) is 8.07. The maximum Gasteiger partial charge on any atom is 0.204 e. The zero-order valence-electron chi connectivity index (χ0n) is 11.9. The Balaban J connectivity index is 1.92. The number of hydrogen-bond donors (Lipinski definition) is 4. The van der Waals surface area contributed by atoms with E-state index in [1.54, 1.807) is 0 Å². The van der Waals surface area contributed by atoms with Crippen molar-refractivity contribution in [2.75, 3.05) is 18.1 Å². The third-order valence-corrected chi connectivity index (χ3v) is 3.99. The monoisotopic (exact) mass is 360 g/mol. The lowest BCUT2D eigenvalue weighted by atomic mass is 10.1. The van der Waals surface area contributed by atoms with Crippen molar-refractivity contribution in [3.8, 4) is 0 Å². The van der Waals surface area contributed by atoms with Crippen molar-refractivity contribution in [3.05, 3.63) is 6.33 Å². The number of hydrogen-bond acceptors (Lipinski definition) is 12. The Labute approximate surface area is 134 Å². The van der Waals surface area contributed by atoms with Crippen LogP contribution in [0.5, 0.6) is 0 Å². The Bertz CT molecular complexity index is 808. The van der Waals surface area contributed by atoms with Crippen LogP contribution < -0.4 is 21.3 Å². The van der Waals surface area contributed by atoms with E-state index in [9.17, 15) is 24.6 Å². The predicted molar refractivity (Wildman–Crippen MR) is 73.6 cm³/mol. The van der Waals surface area contributed by atoms with Crippen LogP contribution in [0.25, 0.3) is 11.2 Å². The molecule has 0 unspecified atom stereocenters. The third kappa shape index (κ3) is 2.93. The highest BCUT2D eigenvalue weighted by atomic mass is 31.2. The summed E-state index contributed by atoms with van der Waals surface area (Å²) in [6.07, 6.45) is -4.41. The number of nitrogen functional groups attached to an aromatic ring is 2. The molecular weight excluding hydrogens is 347 g/mol. The van der Waals surface area contributed by atoms with Crippen LogP contribution in [0.15, 0.2) is 6.33 Å². The van der Waals surface area contributed by atoms with Gasteiger partial charge in [0.1, 0.15) is 24.6 Å². The highest BCUT2D eigenvalue weighted by molar-refractivity contribution is 7.43. The molecule has 0 spiro atoms. The Kier molecular flexibility index (Phi) is 4.17. The van der Waals surface area contributed by atoms with E-state index in [2.05, 4.69) is 19.5 Å². The zero-order valence-corrected chi connectivity index (χ0v) is 12.8. The van der Waals surface area contributed by atoms with Gasteiger partial charge in [0.05, 0.1) is 14.4 Å². The lowest BCUT2D eigenvalue weighted by Gasteiger charge is -2.30. The Hall–Kier alpha value is -1.86. The number of phosphoric acid groups is 1. The van der Waals surface area contributed by atoms with Crippen molar-refractivity contribution in [3.63, 3.8) is 0 Å². The van der Waals surface area contributed by atoms with E-state index in [0.717, 1.165) is 6.33 Å². The number of nitrogens with two attached hydrogens (primary N) is 2. The molecule has 3 heterocycles. The van der Waals surface area contributed by atoms with E-state index < -0.39 is 39.0 Å². The number of rotatable bonds is 4. The molecule has 1 saturated heterocycles. The molecule has 1 aliphatic rings. The van der Waals surface area contributed by atoms with Crippen molar-refractivity contribution < 1.29 is 33.8 Å². The summed E-state index contributed by atoms with van der Waals surface area (Å²) < 4.78 is 21.2. The molecule has 14 heteroatoms. The van der Waals surface area contributed by atoms with Gasteiger partial charge in [-0.05, 0) is 0 Å². The molecule has 24 heavy (non-hydrogen) atoms. The van der Waals surface area contributed by atoms with Crippen LogP contribution in [0, 0.1) is 0 Å². The molecule has 0 radical (unpaired) electrons. The van der Waals surface area contributed by atoms with Crippen LogP contribution in [0.4, 0.5) is 11.8 Å². The van der Waals surface area contributed by atoms with Crippen LogP contribution >= 0.6 is 7.82 Å². The minimum atomic E-state index is -5.25. The SMILES string of the molecule is Nc1ncnc2c1nc(N)n2[C@@H]1O[C@H](COP(=O)([O-])[O-])[C@@H](O)[C@H]1O. The first-order chi connectivity index (χ1) is 11.2. The second kappa shape index (κ2) is 5.89. The largest absolute Gasteiger partial charge is 0.790 e. The molecule has 0 amide bonds. The molecule has 3 rings (SSSR count). The summed E-state index contributed by atoms with van der Waals surface area (Å²) in [6.45, 7) is -0.761. The van der Waals surface area contributed by atoms with Crippen LogP contribution in [-0.4, -0.2) is 54.7 Å². The molecule has 0 aliphatic carbocycles. The molecule has 0 bridgehead atoms. The molecular formula is C10H13N6O7P-2. The summed E-state index contributed by atoms with van der Waals surface area (Å²) in [4.78, 5) is 32.8. The van der Waals surface area contributed by atoms with Crippen molar-refractivity contribution >= 4 is 30.8 Å². The van der Waals surface area contributed by atoms with Gasteiger partial charge in [-0.1, -0.05) is 0 Å². The van der Waals surface area contributed by atoms with Crippen LogP contribution in [-0.2, 0) is 13.8 Å². The number of nitrogens with zero attached hydrogens (tertiary/aromatic N) is 4. The molecule has 132 valence electrons. The smallest absolute Gasteiger partial charge is 0.204 e. The van der Waals surface area contributed by atoms with Gasteiger partial charge >= 0.3 is 0 Å². The fraction of sp³-hybridized carbons (Fsp3) is 0.500. The summed E-state index contributed by atoms with van der Waals surface area (Å²) in [6, 6.07) is 0. The van der Waals surface area contributed by atoms with Crippen LogP contribution in [0.2, 0.25) is 0 Å². The van der Waals surface area contributed by atoms with Gasteiger partial charge in [-0.2, -0.15) is 0 Å². The van der Waals surface area contributed by atoms with E-state index >= 15 is 0 Å². The van der Waals surface area contributed by atoms with Gasteiger partial charge in [0.2, 0.25) is 5.95 Å². The fourth-order valence-corrected chi connectivity index (χ4v) is 2.77. The number of anilines is 2. The van der Waals surface area contributed by atoms with Crippen LogP contribution in [0.1, 0.15) is 6.23 Å². The average Bonchev–Trinajstić information content (AvgIpc) is 2.96. The molecule has 0 saturated carbocycles. The van der Waals surface area contributed by atoms with Crippen LogP contribution in [0.3, 0.4) is 0 Å². The van der Waals surface area contributed by atoms with Crippen molar-refractivity contribution in [2.24, 2.45) is 0 Å². The summed E-state index contributed by atoms with van der Waals surface area (Å²) in [5.41, 5.74) is 11.8. The topological polar surface area (TPSA) is 218 Å². The third-order valence-electron chi connectivity index (χ3n) is 3.52. The Morgan fingerprint density at radius 2 is 2.04 bits per heavy atom. The highest BCUT2D eigenvalue weighted by Crippen LogP contribution is 2.36. The normalized spacial score (nSPS) is 27.8. The second-order valence-electron chi connectivity index (χ2n) is 5.06. The van der Waals surface area contributed by atoms with Crippen molar-refractivity contribution in [1.82, 2.24) is 19.5 Å². The van der Waals surface area contributed by atoms with E-state index in [1.165, 1.54) is 4.57 Å². The van der Waals surface area contributed by atoms with E-state index in [4.69, 9.17) is 16.2 Å². The molecule has 0 aromatic carbocycles. The maximum absolute atomic E-state index is 10.5. The fourth-order valence-electron chi connectivity index (χ4n) is 2.44. The summed E-state index contributed by atoms with van der Waals surface area (Å²) in [5.74, 6) is -0.0645. The Morgan fingerprint density at radius 3 is 2.71 bits per heavy atom. The minimum Gasteiger partial charge on any atom is -0.790 e. The molecule has 13 nitrogen and oxygen atoms in total. The number of aromatic nitrogens is 4. The zero-order chi connectivity index (χ0) is 17.6. The van der Waals surface area contributed by atoms with E-state index in [0.29, 0.717) is 0 Å². The second-order valence-corrected chi connectivity index (χ2v) is 6.21. The number of aliphatic hydroxyl groups is 2. The number of ether oxygens (including phenoxy) is 1. The summed E-state index contributed by atoms with van der Waals surface area (Å²) >= 11 is 0. The molecule has 1 fully saturated rings. The van der Waals surface area contributed by atoms with Gasteiger partial charge in [-0.25, -0.2) is 15.0 Å². The van der Waals surface area contributed by atoms with Crippen molar-refractivity contribution in [1.29, 1.82) is 0 Å². The van der Waals surface area contributed by atoms with E-state index in [1.807, 2.05) is 0 Å². The van der Waals surface area contributed by atoms with Gasteiger partial charge in [-0.3, -0.25) is 4.57 Å².